The van der Waals surface area contributed by atoms with E-state index in [1.165, 1.54) is 19.1 Å². The van der Waals surface area contributed by atoms with Crippen LogP contribution in [0.4, 0.5) is 0 Å². The summed E-state index contributed by atoms with van der Waals surface area (Å²) in [4.78, 5) is 22.9. The average Bonchev–Trinajstić information content (AvgIpc) is 2.25. The zero-order chi connectivity index (χ0) is 13.8. The number of hydrogen-bond donors (Lipinski definition) is 1. The Morgan fingerprint density at radius 1 is 1.33 bits per heavy atom. The first-order valence-electron chi connectivity index (χ1n) is 6.26. The normalized spacial score (nSPS) is 18.1. The number of unbranched alkanes of at least 4 members (excludes halogenated alkanes) is 1. The fourth-order valence-electron chi connectivity index (χ4n) is 2.06. The molecule has 0 aromatic carbocycles. The standard InChI is InChI=1S/C14H21NO3/c1-5-6-7-18-14(15-12(4)16)10(2)8-13(17)9-11(14)3/h8-9H,5-7H2,1-4H3,(H,15,16). The smallest absolute Gasteiger partial charge is 0.219 e. The second kappa shape index (κ2) is 5.96. The summed E-state index contributed by atoms with van der Waals surface area (Å²) in [6, 6.07) is 0. The number of nitrogens with one attached hydrogen (secondary N) is 1. The summed E-state index contributed by atoms with van der Waals surface area (Å²) in [7, 11) is 0. The Labute approximate surface area is 108 Å². The molecule has 0 bridgehead atoms. The lowest BCUT2D eigenvalue weighted by molar-refractivity contribution is -0.127. The van der Waals surface area contributed by atoms with E-state index in [0.29, 0.717) is 6.61 Å². The Balaban J connectivity index is 3.02. The molecule has 18 heavy (non-hydrogen) atoms. The molecular weight excluding hydrogens is 230 g/mol. The number of rotatable bonds is 5. The minimum absolute atomic E-state index is 0.0648. The summed E-state index contributed by atoms with van der Waals surface area (Å²) in [5.74, 6) is -0.244. The van der Waals surface area contributed by atoms with Gasteiger partial charge in [0.2, 0.25) is 5.91 Å². The van der Waals surface area contributed by atoms with Crippen LogP contribution in [0.3, 0.4) is 0 Å². The van der Waals surface area contributed by atoms with Gasteiger partial charge in [-0.3, -0.25) is 9.59 Å². The van der Waals surface area contributed by atoms with Gasteiger partial charge in [-0.15, -0.1) is 0 Å². The molecule has 1 rings (SSSR count). The van der Waals surface area contributed by atoms with E-state index in [4.69, 9.17) is 4.74 Å². The highest BCUT2D eigenvalue weighted by Crippen LogP contribution is 2.30. The molecule has 1 aliphatic rings. The molecule has 4 nitrogen and oxygen atoms in total. The predicted octanol–water partition coefficient (Wildman–Crippen LogP) is 2.11. The van der Waals surface area contributed by atoms with Gasteiger partial charge in [0, 0.05) is 6.92 Å². The lowest BCUT2D eigenvalue weighted by Crippen LogP contribution is -2.53. The fraction of sp³-hybridized carbons (Fsp3) is 0.571. The van der Waals surface area contributed by atoms with Crippen molar-refractivity contribution in [2.24, 2.45) is 0 Å². The van der Waals surface area contributed by atoms with Crippen molar-refractivity contribution in [3.05, 3.63) is 23.3 Å². The van der Waals surface area contributed by atoms with Crippen molar-refractivity contribution in [3.8, 4) is 0 Å². The van der Waals surface area contributed by atoms with Gasteiger partial charge in [-0.2, -0.15) is 0 Å². The molecule has 0 saturated heterocycles. The molecule has 0 aliphatic heterocycles. The van der Waals surface area contributed by atoms with Crippen molar-refractivity contribution < 1.29 is 14.3 Å². The van der Waals surface area contributed by atoms with E-state index in [9.17, 15) is 9.59 Å². The Kier molecular flexibility index (Phi) is 4.84. The molecule has 1 aliphatic carbocycles. The van der Waals surface area contributed by atoms with E-state index in [-0.39, 0.29) is 11.7 Å². The van der Waals surface area contributed by atoms with Crippen molar-refractivity contribution >= 4 is 11.7 Å². The third-order valence-electron chi connectivity index (χ3n) is 3.00. The zero-order valence-corrected chi connectivity index (χ0v) is 11.5. The molecule has 0 saturated carbocycles. The Morgan fingerprint density at radius 3 is 2.33 bits per heavy atom. The van der Waals surface area contributed by atoms with E-state index in [1.54, 1.807) is 13.8 Å². The number of ketones is 1. The Morgan fingerprint density at radius 2 is 1.89 bits per heavy atom. The molecule has 4 heteroatoms. The van der Waals surface area contributed by atoms with E-state index in [1.807, 2.05) is 0 Å². The van der Waals surface area contributed by atoms with Gasteiger partial charge in [-0.05, 0) is 43.6 Å². The quantitative estimate of drug-likeness (QED) is 0.601. The Bertz CT molecular complexity index is 385. The lowest BCUT2D eigenvalue weighted by Gasteiger charge is -2.38. The fourth-order valence-corrected chi connectivity index (χ4v) is 2.06. The van der Waals surface area contributed by atoms with Crippen LogP contribution >= 0.6 is 0 Å². The number of ether oxygens (including phenoxy) is 1. The minimum Gasteiger partial charge on any atom is -0.348 e. The molecule has 100 valence electrons. The molecular formula is C14H21NO3. The van der Waals surface area contributed by atoms with Crippen molar-refractivity contribution in [2.45, 2.75) is 46.3 Å². The molecule has 0 radical (unpaired) electrons. The molecule has 0 aromatic heterocycles. The number of allylic oxidation sites excluding steroid dienone is 2. The maximum atomic E-state index is 11.5. The van der Waals surface area contributed by atoms with Crippen LogP contribution in [0.25, 0.3) is 0 Å². The third-order valence-corrected chi connectivity index (χ3v) is 3.00. The highest BCUT2D eigenvalue weighted by atomic mass is 16.5. The first kappa shape index (κ1) is 14.6. The number of amides is 1. The summed E-state index contributed by atoms with van der Waals surface area (Å²) in [6.07, 6.45) is 4.94. The average molecular weight is 251 g/mol. The van der Waals surface area contributed by atoms with Gasteiger partial charge in [0.1, 0.15) is 0 Å². The van der Waals surface area contributed by atoms with Crippen LogP contribution in [0.2, 0.25) is 0 Å². The zero-order valence-electron chi connectivity index (χ0n) is 11.5. The second-order valence-corrected chi connectivity index (χ2v) is 4.62. The maximum absolute atomic E-state index is 11.5. The largest absolute Gasteiger partial charge is 0.348 e. The third kappa shape index (κ3) is 3.07. The molecule has 1 N–H and O–H groups in total. The van der Waals surface area contributed by atoms with Crippen LogP contribution in [0, 0.1) is 0 Å². The predicted molar refractivity (Wildman–Crippen MR) is 69.9 cm³/mol. The molecule has 0 spiro atoms. The van der Waals surface area contributed by atoms with E-state index in [0.717, 1.165) is 24.0 Å². The Hall–Kier alpha value is -1.42. The molecule has 0 atom stereocenters. The molecule has 0 unspecified atom stereocenters. The van der Waals surface area contributed by atoms with E-state index < -0.39 is 5.72 Å². The van der Waals surface area contributed by atoms with Crippen LogP contribution in [-0.4, -0.2) is 24.0 Å². The number of hydrogen-bond acceptors (Lipinski definition) is 3. The van der Waals surface area contributed by atoms with E-state index in [2.05, 4.69) is 12.2 Å². The molecule has 0 heterocycles. The van der Waals surface area contributed by atoms with Crippen molar-refractivity contribution in [2.75, 3.05) is 6.61 Å². The van der Waals surface area contributed by atoms with Gasteiger partial charge in [0.05, 0.1) is 6.61 Å². The molecule has 0 fully saturated rings. The highest BCUT2D eigenvalue weighted by Gasteiger charge is 2.38. The lowest BCUT2D eigenvalue weighted by atomic mass is 9.89. The second-order valence-electron chi connectivity index (χ2n) is 4.62. The van der Waals surface area contributed by atoms with Gasteiger partial charge < -0.3 is 10.1 Å². The minimum atomic E-state index is -0.949. The van der Waals surface area contributed by atoms with Crippen molar-refractivity contribution in [3.63, 3.8) is 0 Å². The topological polar surface area (TPSA) is 55.4 Å². The first-order chi connectivity index (χ1) is 8.42. The first-order valence-corrected chi connectivity index (χ1v) is 6.26. The number of carbonyl (C=O) groups is 2. The van der Waals surface area contributed by atoms with Gasteiger partial charge in [-0.25, -0.2) is 0 Å². The SMILES string of the molecule is CCCCOC1(NC(C)=O)C(C)=CC(=O)C=C1C. The van der Waals surface area contributed by atoms with Crippen LogP contribution in [0.15, 0.2) is 23.3 Å². The van der Waals surface area contributed by atoms with Gasteiger partial charge in [0.25, 0.3) is 0 Å². The van der Waals surface area contributed by atoms with Gasteiger partial charge in [-0.1, -0.05) is 13.3 Å². The van der Waals surface area contributed by atoms with Gasteiger partial charge >= 0.3 is 0 Å². The van der Waals surface area contributed by atoms with Crippen LogP contribution in [-0.2, 0) is 14.3 Å². The highest BCUT2D eigenvalue weighted by molar-refractivity contribution is 6.02. The van der Waals surface area contributed by atoms with E-state index >= 15 is 0 Å². The summed E-state index contributed by atoms with van der Waals surface area (Å²) in [5.41, 5.74) is 0.493. The summed E-state index contributed by atoms with van der Waals surface area (Å²) in [5, 5.41) is 2.82. The maximum Gasteiger partial charge on any atom is 0.219 e. The van der Waals surface area contributed by atoms with Crippen LogP contribution < -0.4 is 5.32 Å². The molecule has 1 amide bonds. The van der Waals surface area contributed by atoms with Crippen molar-refractivity contribution in [1.29, 1.82) is 0 Å². The van der Waals surface area contributed by atoms with Gasteiger partial charge in [0.15, 0.2) is 11.5 Å². The molecule has 0 aromatic rings. The summed E-state index contributed by atoms with van der Waals surface area (Å²) >= 11 is 0. The van der Waals surface area contributed by atoms with Crippen molar-refractivity contribution in [1.82, 2.24) is 5.32 Å². The van der Waals surface area contributed by atoms with Crippen LogP contribution in [0.1, 0.15) is 40.5 Å². The van der Waals surface area contributed by atoms with Crippen LogP contribution in [0.5, 0.6) is 0 Å². The monoisotopic (exact) mass is 251 g/mol. The number of carbonyl (C=O) groups excluding carboxylic acids is 2. The summed E-state index contributed by atoms with van der Waals surface area (Å²) < 4.78 is 5.87. The summed E-state index contributed by atoms with van der Waals surface area (Å²) in [6.45, 7) is 7.67.